The van der Waals surface area contributed by atoms with E-state index in [2.05, 4.69) is 44.5 Å². The van der Waals surface area contributed by atoms with Crippen LogP contribution in [-0.4, -0.2) is 44.5 Å². The van der Waals surface area contributed by atoms with Crippen LogP contribution in [0.2, 0.25) is 0 Å². The summed E-state index contributed by atoms with van der Waals surface area (Å²) in [5, 5.41) is 0. The molecule has 0 bridgehead atoms. The van der Waals surface area contributed by atoms with Gasteiger partial charge in [0.25, 0.3) is 0 Å². The van der Waals surface area contributed by atoms with Crippen LogP contribution in [0.1, 0.15) is 6.42 Å². The first-order valence-electron chi connectivity index (χ1n) is 3.27. The quantitative estimate of drug-likeness (QED) is 0.550. The Labute approximate surface area is 58.4 Å². The van der Waals surface area contributed by atoms with Crippen molar-refractivity contribution in [1.29, 1.82) is 0 Å². The SMILES string of the molecule is CN(C)[CH]CCN(C)C. The second kappa shape index (κ2) is 4.77. The van der Waals surface area contributed by atoms with Gasteiger partial charge in [-0.15, -0.1) is 0 Å². The van der Waals surface area contributed by atoms with Crippen LogP contribution in [0.15, 0.2) is 0 Å². The van der Waals surface area contributed by atoms with Crippen LogP contribution in [0, 0.1) is 6.54 Å². The lowest BCUT2D eigenvalue weighted by Crippen LogP contribution is -2.16. The number of rotatable bonds is 4. The topological polar surface area (TPSA) is 6.48 Å². The van der Waals surface area contributed by atoms with Crippen molar-refractivity contribution in [3.63, 3.8) is 0 Å². The molecule has 2 nitrogen and oxygen atoms in total. The van der Waals surface area contributed by atoms with Crippen molar-refractivity contribution in [2.75, 3.05) is 34.7 Å². The third-order valence-corrected chi connectivity index (χ3v) is 1.07. The molecule has 0 atom stereocenters. The van der Waals surface area contributed by atoms with E-state index in [1.807, 2.05) is 0 Å². The molecule has 0 aromatic carbocycles. The van der Waals surface area contributed by atoms with Gasteiger partial charge in [-0.25, -0.2) is 0 Å². The fraction of sp³-hybridized carbons (Fsp3) is 0.857. The van der Waals surface area contributed by atoms with Gasteiger partial charge in [-0.05, 0) is 41.2 Å². The molecule has 0 heterocycles. The molecule has 55 valence electrons. The van der Waals surface area contributed by atoms with Gasteiger partial charge in [0.2, 0.25) is 0 Å². The Balaban J connectivity index is 2.91. The molecule has 0 aromatic heterocycles. The molecule has 0 aliphatic heterocycles. The summed E-state index contributed by atoms with van der Waals surface area (Å²) in [5.74, 6) is 0. The van der Waals surface area contributed by atoms with Gasteiger partial charge in [-0.2, -0.15) is 0 Å². The lowest BCUT2D eigenvalue weighted by molar-refractivity contribution is 0.380. The van der Waals surface area contributed by atoms with Gasteiger partial charge < -0.3 is 9.80 Å². The summed E-state index contributed by atoms with van der Waals surface area (Å²) in [6, 6.07) is 0. The van der Waals surface area contributed by atoms with Gasteiger partial charge in [-0.1, -0.05) is 0 Å². The van der Waals surface area contributed by atoms with Crippen LogP contribution in [-0.2, 0) is 0 Å². The van der Waals surface area contributed by atoms with Crippen molar-refractivity contribution in [2.24, 2.45) is 0 Å². The molecule has 9 heavy (non-hydrogen) atoms. The van der Waals surface area contributed by atoms with E-state index in [9.17, 15) is 0 Å². The van der Waals surface area contributed by atoms with Crippen molar-refractivity contribution >= 4 is 0 Å². The van der Waals surface area contributed by atoms with Crippen LogP contribution in [0.5, 0.6) is 0 Å². The molecule has 0 saturated heterocycles. The maximum Gasteiger partial charge on any atom is 0.0257 e. The second-order valence-electron chi connectivity index (χ2n) is 2.74. The number of hydrogen-bond donors (Lipinski definition) is 0. The van der Waals surface area contributed by atoms with Crippen LogP contribution < -0.4 is 0 Å². The monoisotopic (exact) mass is 129 g/mol. The van der Waals surface area contributed by atoms with Gasteiger partial charge in [0.1, 0.15) is 0 Å². The summed E-state index contributed by atoms with van der Waals surface area (Å²) in [4.78, 5) is 4.27. The minimum atomic E-state index is 1.14. The molecule has 1 radical (unpaired) electrons. The van der Waals surface area contributed by atoms with Crippen LogP contribution in [0.25, 0.3) is 0 Å². The molecule has 0 amide bonds. The molecular weight excluding hydrogens is 112 g/mol. The number of nitrogens with zero attached hydrogens (tertiary/aromatic N) is 2. The third-order valence-electron chi connectivity index (χ3n) is 1.07. The van der Waals surface area contributed by atoms with Gasteiger partial charge in [0.05, 0.1) is 0 Å². The van der Waals surface area contributed by atoms with Crippen molar-refractivity contribution in [3.8, 4) is 0 Å². The van der Waals surface area contributed by atoms with E-state index in [4.69, 9.17) is 0 Å². The Hall–Kier alpha value is -0.0800. The Morgan fingerprint density at radius 1 is 1.11 bits per heavy atom. The summed E-state index contributed by atoms with van der Waals surface area (Å²) in [7, 11) is 8.28. The lowest BCUT2D eigenvalue weighted by Gasteiger charge is -2.11. The zero-order chi connectivity index (χ0) is 7.28. The van der Waals surface area contributed by atoms with E-state index in [0.29, 0.717) is 0 Å². The zero-order valence-corrected chi connectivity index (χ0v) is 6.89. The largest absolute Gasteiger partial charge is 0.309 e. The van der Waals surface area contributed by atoms with E-state index in [1.54, 1.807) is 0 Å². The standard InChI is InChI=1S/C7H17N2/c1-8(2)6-5-7-9(3)4/h6H,5,7H2,1-4H3. The van der Waals surface area contributed by atoms with Gasteiger partial charge in [-0.3, -0.25) is 0 Å². The summed E-state index contributed by atoms with van der Waals surface area (Å²) in [6.07, 6.45) is 1.14. The lowest BCUT2D eigenvalue weighted by atomic mass is 10.4. The predicted molar refractivity (Wildman–Crippen MR) is 41.2 cm³/mol. The highest BCUT2D eigenvalue weighted by molar-refractivity contribution is 4.61. The first-order valence-corrected chi connectivity index (χ1v) is 3.27. The second-order valence-corrected chi connectivity index (χ2v) is 2.74. The molecule has 0 unspecified atom stereocenters. The van der Waals surface area contributed by atoms with Crippen LogP contribution in [0.4, 0.5) is 0 Å². The minimum Gasteiger partial charge on any atom is -0.309 e. The van der Waals surface area contributed by atoms with Crippen LogP contribution >= 0.6 is 0 Å². The third kappa shape index (κ3) is 7.92. The molecule has 0 rings (SSSR count). The zero-order valence-electron chi connectivity index (χ0n) is 6.89. The molecule has 0 aromatic rings. The summed E-state index contributed by atoms with van der Waals surface area (Å²) >= 11 is 0. The average molecular weight is 129 g/mol. The maximum atomic E-state index is 2.18. The normalized spacial score (nSPS) is 11.3. The Morgan fingerprint density at radius 3 is 2.00 bits per heavy atom. The minimum absolute atomic E-state index is 1.14. The Kier molecular flexibility index (Phi) is 4.72. The molecule has 0 aliphatic carbocycles. The molecule has 0 fully saturated rings. The summed E-state index contributed by atoms with van der Waals surface area (Å²) in [6.45, 7) is 3.32. The van der Waals surface area contributed by atoms with E-state index in [-0.39, 0.29) is 0 Å². The smallest absolute Gasteiger partial charge is 0.0257 e. The first kappa shape index (κ1) is 8.92. The van der Waals surface area contributed by atoms with Crippen molar-refractivity contribution in [3.05, 3.63) is 6.54 Å². The van der Waals surface area contributed by atoms with Crippen molar-refractivity contribution in [1.82, 2.24) is 9.80 Å². The van der Waals surface area contributed by atoms with Gasteiger partial charge >= 0.3 is 0 Å². The molecule has 0 aliphatic rings. The summed E-state index contributed by atoms with van der Waals surface area (Å²) < 4.78 is 0. The van der Waals surface area contributed by atoms with Crippen molar-refractivity contribution < 1.29 is 0 Å². The van der Waals surface area contributed by atoms with E-state index >= 15 is 0 Å². The average Bonchev–Trinajstić information content (AvgIpc) is 1.63. The fourth-order valence-electron chi connectivity index (χ4n) is 0.574. The van der Waals surface area contributed by atoms with E-state index in [1.165, 1.54) is 0 Å². The van der Waals surface area contributed by atoms with Gasteiger partial charge in [0, 0.05) is 6.54 Å². The summed E-state index contributed by atoms with van der Waals surface area (Å²) in [5.41, 5.74) is 0. The maximum absolute atomic E-state index is 2.18. The van der Waals surface area contributed by atoms with Gasteiger partial charge in [0.15, 0.2) is 0 Å². The molecule has 0 N–H and O–H groups in total. The van der Waals surface area contributed by atoms with Crippen molar-refractivity contribution in [2.45, 2.75) is 6.42 Å². The highest BCUT2D eigenvalue weighted by Gasteiger charge is 1.91. The molecule has 0 spiro atoms. The molecule has 0 saturated carbocycles. The van der Waals surface area contributed by atoms with Crippen LogP contribution in [0.3, 0.4) is 0 Å². The Bertz CT molecular complexity index is 51.9. The fourth-order valence-corrected chi connectivity index (χ4v) is 0.574. The van der Waals surface area contributed by atoms with E-state index < -0.39 is 0 Å². The first-order chi connectivity index (χ1) is 4.13. The van der Waals surface area contributed by atoms with E-state index in [0.717, 1.165) is 13.0 Å². The molecule has 2 heteroatoms. The number of hydrogen-bond acceptors (Lipinski definition) is 2. The Morgan fingerprint density at radius 2 is 1.67 bits per heavy atom. The predicted octanol–water partition coefficient (Wildman–Crippen LogP) is 0.661. The highest BCUT2D eigenvalue weighted by Crippen LogP contribution is 1.90. The highest BCUT2D eigenvalue weighted by atomic mass is 15.1. The molecular formula is C7H17N2.